The van der Waals surface area contributed by atoms with Crippen LogP contribution in [-0.2, 0) is 4.79 Å². The highest BCUT2D eigenvalue weighted by atomic mass is 16.3. The van der Waals surface area contributed by atoms with E-state index in [4.69, 9.17) is 4.42 Å². The van der Waals surface area contributed by atoms with Gasteiger partial charge < -0.3 is 14.8 Å². The molecule has 1 unspecified atom stereocenters. The van der Waals surface area contributed by atoms with Crippen LogP contribution in [0.25, 0.3) is 6.08 Å². The van der Waals surface area contributed by atoms with Crippen molar-refractivity contribution in [3.63, 3.8) is 0 Å². The van der Waals surface area contributed by atoms with Gasteiger partial charge in [0.2, 0.25) is 5.91 Å². The Hall–Kier alpha value is -1.55. The summed E-state index contributed by atoms with van der Waals surface area (Å²) < 4.78 is 5.06. The van der Waals surface area contributed by atoms with Gasteiger partial charge in [-0.05, 0) is 30.0 Å². The number of furan rings is 1. The maximum absolute atomic E-state index is 11.4. The third-order valence-corrected chi connectivity index (χ3v) is 2.66. The Bertz CT molecular complexity index is 388. The van der Waals surface area contributed by atoms with Gasteiger partial charge in [0.15, 0.2) is 0 Å². The molecule has 0 aliphatic carbocycles. The topological polar surface area (TPSA) is 62.5 Å². The van der Waals surface area contributed by atoms with Crippen molar-refractivity contribution in [2.75, 3.05) is 6.54 Å². The average molecular weight is 251 g/mol. The van der Waals surface area contributed by atoms with Crippen LogP contribution in [0.3, 0.4) is 0 Å². The van der Waals surface area contributed by atoms with Gasteiger partial charge in [0.1, 0.15) is 5.76 Å². The van der Waals surface area contributed by atoms with E-state index in [1.54, 1.807) is 24.5 Å². The highest BCUT2D eigenvalue weighted by molar-refractivity contribution is 5.91. The molecule has 100 valence electrons. The molecule has 1 heterocycles. The van der Waals surface area contributed by atoms with Gasteiger partial charge in [-0.15, -0.1) is 0 Å². The summed E-state index contributed by atoms with van der Waals surface area (Å²) in [6, 6.07) is 3.53. The lowest BCUT2D eigenvalue weighted by Crippen LogP contribution is -2.31. The molecule has 0 aliphatic heterocycles. The van der Waals surface area contributed by atoms with Crippen molar-refractivity contribution in [2.45, 2.75) is 33.3 Å². The lowest BCUT2D eigenvalue weighted by Gasteiger charge is -2.25. The van der Waals surface area contributed by atoms with Gasteiger partial charge in [0.25, 0.3) is 0 Å². The fourth-order valence-corrected chi connectivity index (χ4v) is 1.37. The zero-order chi connectivity index (χ0) is 13.6. The summed E-state index contributed by atoms with van der Waals surface area (Å²) in [6.07, 6.45) is 4.70. The molecule has 4 heteroatoms. The van der Waals surface area contributed by atoms with Crippen LogP contribution in [0, 0.1) is 5.41 Å². The van der Waals surface area contributed by atoms with Gasteiger partial charge in [-0.3, -0.25) is 4.79 Å². The molecule has 0 saturated heterocycles. The van der Waals surface area contributed by atoms with Gasteiger partial charge in [-0.1, -0.05) is 20.8 Å². The van der Waals surface area contributed by atoms with Crippen molar-refractivity contribution >= 4 is 12.0 Å². The molecule has 1 atom stereocenters. The first-order valence-electron chi connectivity index (χ1n) is 6.07. The number of carbonyl (C=O) groups is 1. The van der Waals surface area contributed by atoms with Gasteiger partial charge in [-0.25, -0.2) is 0 Å². The second-order valence-corrected chi connectivity index (χ2v) is 5.31. The summed E-state index contributed by atoms with van der Waals surface area (Å²) in [6.45, 7) is 6.36. The van der Waals surface area contributed by atoms with Crippen molar-refractivity contribution in [3.8, 4) is 0 Å². The molecule has 1 rings (SSSR count). The first kappa shape index (κ1) is 14.5. The van der Waals surface area contributed by atoms with Gasteiger partial charge in [-0.2, -0.15) is 0 Å². The minimum absolute atomic E-state index is 0.158. The van der Waals surface area contributed by atoms with Crippen LogP contribution < -0.4 is 5.32 Å². The highest BCUT2D eigenvalue weighted by Gasteiger charge is 2.21. The summed E-state index contributed by atoms with van der Waals surface area (Å²) in [5.74, 6) is 0.451. The second kappa shape index (κ2) is 6.40. The summed E-state index contributed by atoms with van der Waals surface area (Å²) in [7, 11) is 0. The van der Waals surface area contributed by atoms with Gasteiger partial charge >= 0.3 is 0 Å². The number of amides is 1. The number of hydrogen-bond donors (Lipinski definition) is 2. The first-order valence-corrected chi connectivity index (χ1v) is 6.07. The molecule has 1 amide bonds. The lowest BCUT2D eigenvalue weighted by molar-refractivity contribution is -0.116. The lowest BCUT2D eigenvalue weighted by atomic mass is 9.87. The zero-order valence-corrected chi connectivity index (χ0v) is 11.1. The Balaban J connectivity index is 2.26. The molecular formula is C14H21NO3. The summed E-state index contributed by atoms with van der Waals surface area (Å²) in [5, 5.41) is 12.5. The molecule has 1 aromatic heterocycles. The molecule has 0 saturated carbocycles. The van der Waals surface area contributed by atoms with Crippen molar-refractivity contribution in [3.05, 3.63) is 30.2 Å². The molecule has 18 heavy (non-hydrogen) atoms. The van der Waals surface area contributed by atoms with Crippen molar-refractivity contribution in [2.24, 2.45) is 5.41 Å². The first-order chi connectivity index (χ1) is 8.39. The van der Waals surface area contributed by atoms with E-state index in [2.05, 4.69) is 5.32 Å². The third kappa shape index (κ3) is 5.19. The molecule has 2 N–H and O–H groups in total. The Morgan fingerprint density at radius 1 is 1.56 bits per heavy atom. The highest BCUT2D eigenvalue weighted by Crippen LogP contribution is 2.20. The average Bonchev–Trinajstić information content (AvgIpc) is 2.77. The molecule has 0 bridgehead atoms. The predicted molar refractivity (Wildman–Crippen MR) is 70.8 cm³/mol. The number of rotatable bonds is 5. The zero-order valence-electron chi connectivity index (χ0n) is 11.1. The van der Waals surface area contributed by atoms with Crippen LogP contribution in [0.4, 0.5) is 0 Å². The number of carbonyl (C=O) groups excluding carboxylic acids is 1. The van der Waals surface area contributed by atoms with Crippen molar-refractivity contribution in [1.82, 2.24) is 5.32 Å². The number of aliphatic hydroxyl groups excluding tert-OH is 1. The minimum atomic E-state index is -0.424. The fourth-order valence-electron chi connectivity index (χ4n) is 1.37. The van der Waals surface area contributed by atoms with E-state index in [9.17, 15) is 9.90 Å². The monoisotopic (exact) mass is 251 g/mol. The van der Waals surface area contributed by atoms with Crippen LogP contribution in [0.1, 0.15) is 33.0 Å². The Kier molecular flexibility index (Phi) is 5.16. The smallest absolute Gasteiger partial charge is 0.244 e. The van der Waals surface area contributed by atoms with E-state index in [1.807, 2.05) is 20.8 Å². The third-order valence-electron chi connectivity index (χ3n) is 2.66. The molecule has 4 nitrogen and oxygen atoms in total. The van der Waals surface area contributed by atoms with E-state index in [-0.39, 0.29) is 11.3 Å². The normalized spacial score (nSPS) is 13.8. The van der Waals surface area contributed by atoms with E-state index in [0.717, 1.165) is 0 Å². The molecule has 0 radical (unpaired) electrons. The molecule has 0 aliphatic rings. The quantitative estimate of drug-likeness (QED) is 0.789. The second-order valence-electron chi connectivity index (χ2n) is 5.31. The summed E-state index contributed by atoms with van der Waals surface area (Å²) >= 11 is 0. The standard InChI is InChI=1S/C14H21NO3/c1-14(2,3)12(16)8-9-15-13(17)7-6-11-5-4-10-18-11/h4-7,10,12,16H,8-9H2,1-3H3,(H,15,17)/b7-6+. The maximum Gasteiger partial charge on any atom is 0.244 e. The van der Waals surface area contributed by atoms with E-state index in [1.165, 1.54) is 6.08 Å². The van der Waals surface area contributed by atoms with Gasteiger partial charge in [0.05, 0.1) is 12.4 Å². The largest absolute Gasteiger partial charge is 0.465 e. The number of nitrogens with one attached hydrogen (secondary N) is 1. The van der Waals surface area contributed by atoms with E-state index in [0.29, 0.717) is 18.7 Å². The Labute approximate surface area is 108 Å². The maximum atomic E-state index is 11.4. The molecule has 0 spiro atoms. The van der Waals surface area contributed by atoms with E-state index >= 15 is 0 Å². The molecule has 0 aromatic carbocycles. The summed E-state index contributed by atoms with van der Waals surface area (Å²) in [4.78, 5) is 11.4. The number of hydrogen-bond acceptors (Lipinski definition) is 3. The Morgan fingerprint density at radius 2 is 2.28 bits per heavy atom. The van der Waals surface area contributed by atoms with E-state index < -0.39 is 6.10 Å². The van der Waals surface area contributed by atoms with Crippen LogP contribution in [0.5, 0.6) is 0 Å². The van der Waals surface area contributed by atoms with Crippen LogP contribution in [0.15, 0.2) is 28.9 Å². The van der Waals surface area contributed by atoms with Crippen molar-refractivity contribution < 1.29 is 14.3 Å². The van der Waals surface area contributed by atoms with Crippen molar-refractivity contribution in [1.29, 1.82) is 0 Å². The predicted octanol–water partition coefficient (Wildman–Crippen LogP) is 2.21. The van der Waals surface area contributed by atoms with Crippen LogP contribution >= 0.6 is 0 Å². The van der Waals surface area contributed by atoms with Gasteiger partial charge in [0, 0.05) is 12.6 Å². The fraction of sp³-hybridized carbons (Fsp3) is 0.500. The molecule has 0 fully saturated rings. The summed E-state index contributed by atoms with van der Waals surface area (Å²) in [5.41, 5.74) is -0.158. The van der Waals surface area contributed by atoms with Crippen LogP contribution in [-0.4, -0.2) is 23.7 Å². The molecule has 1 aromatic rings. The SMILES string of the molecule is CC(C)(C)C(O)CCNC(=O)/C=C/c1ccco1. The molecular weight excluding hydrogens is 230 g/mol. The Morgan fingerprint density at radius 3 is 2.83 bits per heavy atom. The number of aliphatic hydroxyl groups is 1. The van der Waals surface area contributed by atoms with Crippen LogP contribution in [0.2, 0.25) is 0 Å². The minimum Gasteiger partial charge on any atom is -0.465 e.